The van der Waals surface area contributed by atoms with E-state index in [9.17, 15) is 0 Å². The SMILES string of the molecule is Brc1ccc2nccc(Oc3ccccc3)c2c1. The van der Waals surface area contributed by atoms with Crippen molar-refractivity contribution in [2.45, 2.75) is 0 Å². The molecule has 3 aromatic rings. The van der Waals surface area contributed by atoms with Gasteiger partial charge in [0.1, 0.15) is 11.5 Å². The Kier molecular flexibility index (Phi) is 2.99. The summed E-state index contributed by atoms with van der Waals surface area (Å²) in [7, 11) is 0. The maximum Gasteiger partial charge on any atom is 0.138 e. The second-order valence-corrected chi connectivity index (χ2v) is 4.80. The summed E-state index contributed by atoms with van der Waals surface area (Å²) >= 11 is 3.47. The minimum Gasteiger partial charge on any atom is -0.457 e. The van der Waals surface area contributed by atoms with E-state index in [0.717, 1.165) is 26.9 Å². The Bertz CT molecular complexity index is 682. The van der Waals surface area contributed by atoms with Crippen LogP contribution in [-0.2, 0) is 0 Å². The zero-order chi connectivity index (χ0) is 12.4. The Balaban J connectivity index is 2.09. The summed E-state index contributed by atoms with van der Waals surface area (Å²) in [6, 6.07) is 17.6. The van der Waals surface area contributed by atoms with Crippen molar-refractivity contribution < 1.29 is 4.74 Å². The lowest BCUT2D eigenvalue weighted by Crippen LogP contribution is -1.87. The lowest BCUT2D eigenvalue weighted by Gasteiger charge is -2.08. The van der Waals surface area contributed by atoms with Crippen LogP contribution in [0.3, 0.4) is 0 Å². The van der Waals surface area contributed by atoms with E-state index in [4.69, 9.17) is 4.74 Å². The van der Waals surface area contributed by atoms with Crippen molar-refractivity contribution >= 4 is 26.8 Å². The Labute approximate surface area is 113 Å². The number of ether oxygens (including phenoxy) is 1. The molecule has 0 spiro atoms. The van der Waals surface area contributed by atoms with Crippen LogP contribution < -0.4 is 4.74 Å². The number of rotatable bonds is 2. The third-order valence-corrected chi connectivity index (χ3v) is 3.13. The molecule has 0 bridgehead atoms. The van der Waals surface area contributed by atoms with Gasteiger partial charge in [-0.15, -0.1) is 0 Å². The van der Waals surface area contributed by atoms with Gasteiger partial charge in [0.05, 0.1) is 5.52 Å². The molecule has 0 N–H and O–H groups in total. The van der Waals surface area contributed by atoms with Gasteiger partial charge in [0, 0.05) is 16.1 Å². The van der Waals surface area contributed by atoms with E-state index in [1.165, 1.54) is 0 Å². The van der Waals surface area contributed by atoms with Crippen molar-refractivity contribution in [1.29, 1.82) is 0 Å². The Hall–Kier alpha value is -1.87. The summed E-state index contributed by atoms with van der Waals surface area (Å²) in [5.74, 6) is 1.64. The van der Waals surface area contributed by atoms with E-state index in [2.05, 4.69) is 20.9 Å². The molecule has 0 aliphatic heterocycles. The molecule has 0 aliphatic carbocycles. The molecule has 0 saturated heterocycles. The number of para-hydroxylation sites is 1. The van der Waals surface area contributed by atoms with Gasteiger partial charge in [-0.25, -0.2) is 0 Å². The quantitative estimate of drug-likeness (QED) is 0.679. The normalized spacial score (nSPS) is 10.5. The summed E-state index contributed by atoms with van der Waals surface area (Å²) in [6.45, 7) is 0. The smallest absolute Gasteiger partial charge is 0.138 e. The van der Waals surface area contributed by atoms with Gasteiger partial charge in [-0.2, -0.15) is 0 Å². The van der Waals surface area contributed by atoms with Crippen LogP contribution in [0.1, 0.15) is 0 Å². The fraction of sp³-hybridized carbons (Fsp3) is 0. The first-order valence-corrected chi connectivity index (χ1v) is 6.39. The first-order valence-electron chi connectivity index (χ1n) is 5.60. The average molecular weight is 300 g/mol. The highest BCUT2D eigenvalue weighted by molar-refractivity contribution is 9.10. The lowest BCUT2D eigenvalue weighted by molar-refractivity contribution is 0.488. The maximum atomic E-state index is 5.89. The van der Waals surface area contributed by atoms with Crippen molar-refractivity contribution in [1.82, 2.24) is 4.98 Å². The molecule has 2 aromatic carbocycles. The minimum atomic E-state index is 0.813. The molecule has 0 fully saturated rings. The van der Waals surface area contributed by atoms with Crippen LogP contribution in [0.2, 0.25) is 0 Å². The van der Waals surface area contributed by atoms with Gasteiger partial charge in [0.25, 0.3) is 0 Å². The van der Waals surface area contributed by atoms with Gasteiger partial charge in [0.2, 0.25) is 0 Å². The van der Waals surface area contributed by atoms with Crippen LogP contribution >= 0.6 is 15.9 Å². The molecular formula is C15H10BrNO. The van der Waals surface area contributed by atoms with E-state index >= 15 is 0 Å². The van der Waals surface area contributed by atoms with Crippen LogP contribution in [0.4, 0.5) is 0 Å². The molecule has 1 aromatic heterocycles. The highest BCUT2D eigenvalue weighted by Crippen LogP contribution is 2.30. The average Bonchev–Trinajstić information content (AvgIpc) is 2.41. The Morgan fingerprint density at radius 2 is 1.78 bits per heavy atom. The first kappa shape index (κ1) is 11.2. The van der Waals surface area contributed by atoms with Crippen LogP contribution in [0.5, 0.6) is 11.5 Å². The molecule has 0 radical (unpaired) electrons. The molecule has 0 unspecified atom stereocenters. The third kappa shape index (κ3) is 2.22. The van der Waals surface area contributed by atoms with Crippen LogP contribution in [0.15, 0.2) is 65.3 Å². The molecule has 3 heteroatoms. The number of fused-ring (bicyclic) bond motifs is 1. The van der Waals surface area contributed by atoms with E-state index in [0.29, 0.717) is 0 Å². The van der Waals surface area contributed by atoms with E-state index in [-0.39, 0.29) is 0 Å². The molecule has 0 aliphatic rings. The Morgan fingerprint density at radius 3 is 2.61 bits per heavy atom. The van der Waals surface area contributed by atoms with Crippen LogP contribution in [0, 0.1) is 0 Å². The van der Waals surface area contributed by atoms with Gasteiger partial charge < -0.3 is 4.74 Å². The van der Waals surface area contributed by atoms with Crippen molar-refractivity contribution in [3.8, 4) is 11.5 Å². The van der Waals surface area contributed by atoms with E-state index in [1.807, 2.05) is 54.6 Å². The number of pyridine rings is 1. The van der Waals surface area contributed by atoms with Gasteiger partial charge in [-0.3, -0.25) is 4.98 Å². The molecular weight excluding hydrogens is 290 g/mol. The van der Waals surface area contributed by atoms with Crippen molar-refractivity contribution in [3.63, 3.8) is 0 Å². The number of hydrogen-bond acceptors (Lipinski definition) is 2. The summed E-state index contributed by atoms with van der Waals surface area (Å²) in [6.07, 6.45) is 1.76. The topological polar surface area (TPSA) is 22.1 Å². The van der Waals surface area contributed by atoms with Crippen LogP contribution in [0.25, 0.3) is 10.9 Å². The molecule has 0 amide bonds. The number of benzene rings is 2. The number of hydrogen-bond donors (Lipinski definition) is 0. The zero-order valence-corrected chi connectivity index (χ0v) is 11.1. The predicted molar refractivity (Wildman–Crippen MR) is 76.0 cm³/mol. The fourth-order valence-electron chi connectivity index (χ4n) is 1.80. The molecule has 0 saturated carbocycles. The second-order valence-electron chi connectivity index (χ2n) is 3.89. The second kappa shape index (κ2) is 4.78. The van der Waals surface area contributed by atoms with Crippen molar-refractivity contribution in [2.24, 2.45) is 0 Å². The molecule has 2 nitrogen and oxygen atoms in total. The monoisotopic (exact) mass is 299 g/mol. The van der Waals surface area contributed by atoms with Crippen LogP contribution in [-0.4, -0.2) is 4.98 Å². The molecule has 1 heterocycles. The van der Waals surface area contributed by atoms with E-state index < -0.39 is 0 Å². The molecule has 88 valence electrons. The highest BCUT2D eigenvalue weighted by Gasteiger charge is 2.04. The molecule has 3 rings (SSSR count). The largest absolute Gasteiger partial charge is 0.457 e. The minimum absolute atomic E-state index is 0.813. The Morgan fingerprint density at radius 1 is 0.944 bits per heavy atom. The van der Waals surface area contributed by atoms with Gasteiger partial charge in [-0.05, 0) is 36.4 Å². The zero-order valence-electron chi connectivity index (χ0n) is 9.51. The number of nitrogens with zero attached hydrogens (tertiary/aromatic N) is 1. The van der Waals surface area contributed by atoms with Crippen molar-refractivity contribution in [2.75, 3.05) is 0 Å². The lowest BCUT2D eigenvalue weighted by atomic mass is 10.2. The van der Waals surface area contributed by atoms with Gasteiger partial charge >= 0.3 is 0 Å². The number of aromatic nitrogens is 1. The summed E-state index contributed by atoms with van der Waals surface area (Å²) in [4.78, 5) is 4.32. The molecule has 0 atom stereocenters. The summed E-state index contributed by atoms with van der Waals surface area (Å²) < 4.78 is 6.90. The first-order chi connectivity index (χ1) is 8.83. The van der Waals surface area contributed by atoms with Gasteiger partial charge in [-0.1, -0.05) is 34.1 Å². The van der Waals surface area contributed by atoms with Crippen molar-refractivity contribution in [3.05, 3.63) is 65.3 Å². The van der Waals surface area contributed by atoms with E-state index in [1.54, 1.807) is 6.20 Å². The highest BCUT2D eigenvalue weighted by atomic mass is 79.9. The maximum absolute atomic E-state index is 5.89. The van der Waals surface area contributed by atoms with Gasteiger partial charge in [0.15, 0.2) is 0 Å². The fourth-order valence-corrected chi connectivity index (χ4v) is 2.16. The summed E-state index contributed by atoms with van der Waals surface area (Å²) in [5, 5.41) is 0.996. The standard InChI is InChI=1S/C15H10BrNO/c16-11-6-7-14-13(10-11)15(8-9-17-14)18-12-4-2-1-3-5-12/h1-10H. The third-order valence-electron chi connectivity index (χ3n) is 2.63. The summed E-state index contributed by atoms with van der Waals surface area (Å²) in [5.41, 5.74) is 0.923. The molecule has 18 heavy (non-hydrogen) atoms. The number of halogens is 1. The predicted octanol–water partition coefficient (Wildman–Crippen LogP) is 4.79.